The van der Waals surface area contributed by atoms with Gasteiger partial charge in [-0.1, -0.05) is 176 Å². The highest BCUT2D eigenvalue weighted by Gasteiger charge is 2.25. The maximum atomic E-state index is 6.78. The molecule has 0 radical (unpaired) electrons. The molecule has 0 atom stereocenters. The van der Waals surface area contributed by atoms with Gasteiger partial charge in [-0.15, -0.1) is 0 Å². The summed E-state index contributed by atoms with van der Waals surface area (Å²) in [6.45, 7) is 0. The first-order chi connectivity index (χ1) is 32.7. The Kier molecular flexibility index (Phi) is 7.88. The minimum atomic E-state index is 0.569. The molecule has 4 aromatic heterocycles. The lowest BCUT2D eigenvalue weighted by atomic mass is 9.88. The van der Waals surface area contributed by atoms with Crippen LogP contribution in [0.2, 0.25) is 0 Å². The first-order valence-corrected chi connectivity index (χ1v) is 22.1. The standard InChI is InChI=1S/C60H34N4O2/c1-3-21-39-35(15-1)17-12-27-43(39)59-62-58(63-60(64-59)44-28-13-18-36-16-2-4-22-40(36)44)38-20-11-19-37(33-38)56-48-34-52-54(46-25-7-10-32-51(46)65-52)55(53(48)45-24-5-8-30-49(45)61-56)47-29-14-26-42-41-23-6-9-31-50(41)66-57(42)47/h1-34H. The van der Waals surface area contributed by atoms with E-state index in [0.29, 0.717) is 17.5 Å². The van der Waals surface area contributed by atoms with Crippen LogP contribution in [0.1, 0.15) is 0 Å². The van der Waals surface area contributed by atoms with Crippen LogP contribution >= 0.6 is 0 Å². The number of hydrogen-bond donors (Lipinski definition) is 0. The van der Waals surface area contributed by atoms with E-state index >= 15 is 0 Å². The summed E-state index contributed by atoms with van der Waals surface area (Å²) in [4.78, 5) is 21.3. The van der Waals surface area contributed by atoms with E-state index in [1.165, 1.54) is 0 Å². The van der Waals surface area contributed by atoms with Gasteiger partial charge in [0, 0.05) is 71.1 Å². The van der Waals surface area contributed by atoms with Crippen molar-refractivity contribution in [1.29, 1.82) is 0 Å². The highest BCUT2D eigenvalue weighted by Crippen LogP contribution is 2.49. The van der Waals surface area contributed by atoms with E-state index in [1.807, 2.05) is 24.3 Å². The molecule has 0 bridgehead atoms. The van der Waals surface area contributed by atoms with Crippen LogP contribution < -0.4 is 0 Å². The molecular formula is C60H34N4O2. The summed E-state index contributed by atoms with van der Waals surface area (Å²) in [5.41, 5.74) is 10.7. The van der Waals surface area contributed by atoms with Crippen molar-refractivity contribution in [2.45, 2.75) is 0 Å². The van der Waals surface area contributed by atoms with Gasteiger partial charge in [0.2, 0.25) is 0 Å². The van der Waals surface area contributed by atoms with Gasteiger partial charge in [-0.25, -0.2) is 19.9 Å². The molecule has 0 aliphatic heterocycles. The van der Waals surface area contributed by atoms with Crippen molar-refractivity contribution in [2.75, 3.05) is 0 Å². The zero-order valence-corrected chi connectivity index (χ0v) is 35.2. The van der Waals surface area contributed by atoms with Crippen LogP contribution in [-0.2, 0) is 0 Å². The summed E-state index contributed by atoms with van der Waals surface area (Å²) in [6, 6.07) is 71.4. The molecule has 14 aromatic rings. The number of fused-ring (bicyclic) bond motifs is 11. The van der Waals surface area contributed by atoms with Crippen LogP contribution in [0.15, 0.2) is 215 Å². The molecule has 0 saturated carbocycles. The molecule has 10 aromatic carbocycles. The van der Waals surface area contributed by atoms with Gasteiger partial charge in [-0.05, 0) is 51.9 Å². The van der Waals surface area contributed by atoms with Gasteiger partial charge >= 0.3 is 0 Å². The predicted molar refractivity (Wildman–Crippen MR) is 269 cm³/mol. The molecule has 6 heteroatoms. The first-order valence-electron chi connectivity index (χ1n) is 22.1. The van der Waals surface area contributed by atoms with Crippen LogP contribution in [0.4, 0.5) is 0 Å². The lowest BCUT2D eigenvalue weighted by Gasteiger charge is -2.16. The molecule has 0 spiro atoms. The third-order valence-electron chi connectivity index (χ3n) is 13.1. The summed E-state index contributed by atoms with van der Waals surface area (Å²) >= 11 is 0. The largest absolute Gasteiger partial charge is 0.456 e. The quantitative estimate of drug-likeness (QED) is 0.161. The maximum absolute atomic E-state index is 6.78. The monoisotopic (exact) mass is 842 g/mol. The molecule has 66 heavy (non-hydrogen) atoms. The van der Waals surface area contributed by atoms with Gasteiger partial charge in [0.25, 0.3) is 0 Å². The summed E-state index contributed by atoms with van der Waals surface area (Å²) < 4.78 is 13.6. The van der Waals surface area contributed by atoms with Crippen molar-refractivity contribution in [3.8, 4) is 56.5 Å². The number of benzene rings is 10. The summed E-state index contributed by atoms with van der Waals surface area (Å²) in [6.07, 6.45) is 0. The van der Waals surface area contributed by atoms with Crippen LogP contribution in [-0.4, -0.2) is 19.9 Å². The van der Waals surface area contributed by atoms with Crippen molar-refractivity contribution in [3.63, 3.8) is 0 Å². The second kappa shape index (κ2) is 14.3. The zero-order valence-electron chi connectivity index (χ0n) is 35.2. The number of aromatic nitrogens is 4. The van der Waals surface area contributed by atoms with Gasteiger partial charge in [0.15, 0.2) is 17.5 Å². The van der Waals surface area contributed by atoms with E-state index in [2.05, 4.69) is 182 Å². The fourth-order valence-electron chi connectivity index (χ4n) is 10.1. The topological polar surface area (TPSA) is 77.8 Å². The smallest absolute Gasteiger partial charge is 0.164 e. The van der Waals surface area contributed by atoms with Crippen LogP contribution in [0.3, 0.4) is 0 Å². The zero-order chi connectivity index (χ0) is 43.3. The highest BCUT2D eigenvalue weighted by molar-refractivity contribution is 6.30. The minimum Gasteiger partial charge on any atom is -0.456 e. The fourth-order valence-corrected chi connectivity index (χ4v) is 10.1. The minimum absolute atomic E-state index is 0.569. The van der Waals surface area contributed by atoms with Crippen molar-refractivity contribution in [3.05, 3.63) is 206 Å². The molecule has 306 valence electrons. The predicted octanol–water partition coefficient (Wildman–Crippen LogP) is 16.0. The number of nitrogens with zero attached hydrogens (tertiary/aromatic N) is 4. The van der Waals surface area contributed by atoms with E-state index in [4.69, 9.17) is 28.8 Å². The average Bonchev–Trinajstić information content (AvgIpc) is 3.96. The van der Waals surface area contributed by atoms with Gasteiger partial charge in [-0.3, -0.25) is 0 Å². The van der Waals surface area contributed by atoms with Crippen LogP contribution in [0.25, 0.3) is 144 Å². The summed E-state index contributed by atoms with van der Waals surface area (Å²) in [5.74, 6) is 1.78. The average molecular weight is 843 g/mol. The van der Waals surface area contributed by atoms with Crippen molar-refractivity contribution in [1.82, 2.24) is 19.9 Å². The Morgan fingerprint density at radius 3 is 1.58 bits per heavy atom. The Morgan fingerprint density at radius 1 is 0.303 bits per heavy atom. The number of furan rings is 2. The van der Waals surface area contributed by atoms with E-state index in [1.54, 1.807) is 0 Å². The second-order valence-electron chi connectivity index (χ2n) is 16.8. The SMILES string of the molecule is c1cc(-c2nc(-c3cccc4ccccc34)nc(-c3cccc4ccccc34)n2)cc(-c2nc3ccccc3c3c(-c4cccc5c4oc4ccccc45)c4c(cc23)oc2ccccc24)c1. The molecule has 0 unspecified atom stereocenters. The third-order valence-corrected chi connectivity index (χ3v) is 13.1. The molecule has 0 saturated heterocycles. The number of hydrogen-bond acceptors (Lipinski definition) is 6. The molecule has 4 heterocycles. The number of pyridine rings is 1. The van der Waals surface area contributed by atoms with Crippen molar-refractivity contribution >= 4 is 87.1 Å². The molecule has 0 aliphatic rings. The second-order valence-corrected chi connectivity index (χ2v) is 16.8. The molecule has 0 N–H and O–H groups in total. The van der Waals surface area contributed by atoms with Crippen LogP contribution in [0.5, 0.6) is 0 Å². The van der Waals surface area contributed by atoms with Gasteiger partial charge < -0.3 is 8.83 Å². The summed E-state index contributed by atoms with van der Waals surface area (Å²) in [5, 5.41) is 11.7. The Morgan fingerprint density at radius 2 is 0.833 bits per heavy atom. The molecule has 0 amide bonds. The van der Waals surface area contributed by atoms with Crippen LogP contribution in [0, 0.1) is 0 Å². The number of rotatable bonds is 5. The highest BCUT2D eigenvalue weighted by atomic mass is 16.3. The van der Waals surface area contributed by atoms with Crippen molar-refractivity contribution < 1.29 is 8.83 Å². The lowest BCUT2D eigenvalue weighted by molar-refractivity contribution is 0.669. The Balaban J connectivity index is 1.05. The molecule has 0 aliphatic carbocycles. The van der Waals surface area contributed by atoms with E-state index in [-0.39, 0.29) is 0 Å². The van der Waals surface area contributed by atoms with Crippen molar-refractivity contribution in [2.24, 2.45) is 0 Å². The van der Waals surface area contributed by atoms with Gasteiger partial charge in [0.05, 0.1) is 11.2 Å². The van der Waals surface area contributed by atoms with Gasteiger partial charge in [-0.2, -0.15) is 0 Å². The normalized spacial score (nSPS) is 11.9. The molecular weight excluding hydrogens is 809 g/mol. The maximum Gasteiger partial charge on any atom is 0.164 e. The van der Waals surface area contributed by atoms with E-state index < -0.39 is 0 Å². The molecule has 0 fully saturated rings. The Labute approximate surface area is 377 Å². The Bertz CT molecular complexity index is 4210. The fraction of sp³-hybridized carbons (Fsp3) is 0. The molecule has 14 rings (SSSR count). The van der Waals surface area contributed by atoms with Gasteiger partial charge in [0.1, 0.15) is 22.3 Å². The Hall–Kier alpha value is -9.00. The van der Waals surface area contributed by atoms with E-state index in [0.717, 1.165) is 126 Å². The molecule has 6 nitrogen and oxygen atoms in total. The summed E-state index contributed by atoms with van der Waals surface area (Å²) in [7, 11) is 0. The lowest BCUT2D eigenvalue weighted by Crippen LogP contribution is -2.01. The van der Waals surface area contributed by atoms with E-state index in [9.17, 15) is 0 Å². The third kappa shape index (κ3) is 5.55. The number of para-hydroxylation sites is 4. The first kappa shape index (κ1) is 36.5.